The van der Waals surface area contributed by atoms with Crippen molar-refractivity contribution in [2.24, 2.45) is 0 Å². The molecule has 3 heterocycles. The van der Waals surface area contributed by atoms with Crippen molar-refractivity contribution in [3.05, 3.63) is 68.5 Å². The summed E-state index contributed by atoms with van der Waals surface area (Å²) in [4.78, 5) is 15.4. The van der Waals surface area contributed by atoms with E-state index in [0.29, 0.717) is 33.1 Å². The largest absolute Gasteiger partial charge is 0.372 e. The SMILES string of the molecule is CC1=C(C(=O)Nc2ccc(Cl)cc2)C(c2cccs2)=C(C#N)C(S)N1.C[NH+]1CCOCC1. The first-order chi connectivity index (χ1) is 15.4. The topological polar surface area (TPSA) is 78.6 Å². The highest BCUT2D eigenvalue weighted by atomic mass is 35.5. The average molecular weight is 490 g/mol. The van der Waals surface area contributed by atoms with Gasteiger partial charge in [0.2, 0.25) is 0 Å². The Labute approximate surface area is 202 Å². The molecule has 1 saturated heterocycles. The number of benzene rings is 1. The third kappa shape index (κ3) is 6.15. The number of thiol groups is 1. The van der Waals surface area contributed by atoms with Crippen LogP contribution in [-0.4, -0.2) is 44.6 Å². The average Bonchev–Trinajstić information content (AvgIpc) is 3.30. The molecule has 1 aromatic heterocycles. The molecule has 32 heavy (non-hydrogen) atoms. The van der Waals surface area contributed by atoms with Crippen LogP contribution in [-0.2, 0) is 9.53 Å². The van der Waals surface area contributed by atoms with Gasteiger partial charge >= 0.3 is 0 Å². The van der Waals surface area contributed by atoms with E-state index in [1.807, 2.05) is 24.4 Å². The van der Waals surface area contributed by atoms with E-state index in [1.54, 1.807) is 29.2 Å². The molecule has 4 rings (SSSR count). The lowest BCUT2D eigenvalue weighted by atomic mass is 9.93. The fraction of sp³-hybridized carbons (Fsp3) is 0.304. The van der Waals surface area contributed by atoms with E-state index in [-0.39, 0.29) is 5.91 Å². The number of amides is 1. The molecular formula is C23H26ClN4O2S2+. The van der Waals surface area contributed by atoms with Crippen LogP contribution < -0.4 is 15.5 Å². The molecule has 1 unspecified atom stereocenters. The number of carbonyl (C=O) groups excluding carboxylic acids is 1. The predicted molar refractivity (Wildman–Crippen MR) is 133 cm³/mol. The number of hydrogen-bond acceptors (Lipinski definition) is 6. The molecule has 0 aliphatic carbocycles. The predicted octanol–water partition coefficient (Wildman–Crippen LogP) is 2.98. The number of nitrogens with zero attached hydrogens (tertiary/aromatic N) is 1. The first-order valence-corrected chi connectivity index (χ1v) is 12.0. The lowest BCUT2D eigenvalue weighted by Gasteiger charge is -2.26. The highest BCUT2D eigenvalue weighted by Gasteiger charge is 2.30. The minimum atomic E-state index is -0.450. The van der Waals surface area contributed by atoms with E-state index in [1.165, 1.54) is 24.4 Å². The highest BCUT2D eigenvalue weighted by molar-refractivity contribution is 7.81. The smallest absolute Gasteiger partial charge is 0.258 e. The number of anilines is 1. The normalized spacial score (nSPS) is 18.9. The lowest BCUT2D eigenvalue weighted by Crippen LogP contribution is -3.11. The molecule has 1 amide bonds. The van der Waals surface area contributed by atoms with Gasteiger partial charge in [0, 0.05) is 26.9 Å². The van der Waals surface area contributed by atoms with Gasteiger partial charge in [0.15, 0.2) is 0 Å². The minimum Gasteiger partial charge on any atom is -0.372 e. The van der Waals surface area contributed by atoms with Crippen LogP contribution in [0.2, 0.25) is 5.02 Å². The summed E-state index contributed by atoms with van der Waals surface area (Å²) >= 11 is 11.8. The van der Waals surface area contributed by atoms with Crippen LogP contribution in [0.15, 0.2) is 58.6 Å². The van der Waals surface area contributed by atoms with Crippen LogP contribution in [0.25, 0.3) is 5.57 Å². The van der Waals surface area contributed by atoms with Crippen LogP contribution in [0.5, 0.6) is 0 Å². The van der Waals surface area contributed by atoms with Gasteiger partial charge in [0.1, 0.15) is 18.5 Å². The molecule has 2 aromatic rings. The Kier molecular flexibility index (Phi) is 8.79. The third-order valence-corrected chi connectivity index (χ3v) is 6.61. The summed E-state index contributed by atoms with van der Waals surface area (Å²) in [6.07, 6.45) is 0. The van der Waals surface area contributed by atoms with Crippen LogP contribution in [0, 0.1) is 11.3 Å². The van der Waals surface area contributed by atoms with Crippen molar-refractivity contribution in [2.75, 3.05) is 38.7 Å². The number of carbonyl (C=O) groups is 1. The molecule has 3 N–H and O–H groups in total. The Morgan fingerprint density at radius 2 is 2.00 bits per heavy atom. The number of nitrogens with one attached hydrogen (secondary N) is 3. The Bertz CT molecular complexity index is 1040. The summed E-state index contributed by atoms with van der Waals surface area (Å²) in [5, 5.41) is 17.6. The van der Waals surface area contributed by atoms with Crippen molar-refractivity contribution in [2.45, 2.75) is 12.3 Å². The molecule has 1 aromatic carbocycles. The number of allylic oxidation sites excluding steroid dienone is 1. The fourth-order valence-electron chi connectivity index (χ4n) is 3.33. The Balaban J connectivity index is 0.000000352. The van der Waals surface area contributed by atoms with Crippen molar-refractivity contribution in [1.82, 2.24) is 5.32 Å². The summed E-state index contributed by atoms with van der Waals surface area (Å²) in [5.74, 6) is -0.288. The number of halogens is 1. The van der Waals surface area contributed by atoms with Crippen molar-refractivity contribution in [3.8, 4) is 6.07 Å². The zero-order valence-electron chi connectivity index (χ0n) is 17.9. The Hall–Kier alpha value is -2.28. The van der Waals surface area contributed by atoms with Crippen LogP contribution >= 0.6 is 35.6 Å². The highest BCUT2D eigenvalue weighted by Crippen LogP contribution is 2.37. The molecule has 0 bridgehead atoms. The fourth-order valence-corrected chi connectivity index (χ4v) is 4.63. The van der Waals surface area contributed by atoms with Crippen LogP contribution in [0.4, 0.5) is 5.69 Å². The number of dihydropyridines is 1. The molecule has 0 spiro atoms. The third-order valence-electron chi connectivity index (χ3n) is 5.08. The van der Waals surface area contributed by atoms with Gasteiger partial charge < -0.3 is 20.3 Å². The Morgan fingerprint density at radius 1 is 1.31 bits per heavy atom. The van der Waals surface area contributed by atoms with E-state index in [0.717, 1.165) is 18.1 Å². The number of quaternary nitrogens is 1. The maximum Gasteiger partial charge on any atom is 0.258 e. The van der Waals surface area contributed by atoms with E-state index in [4.69, 9.17) is 16.3 Å². The molecule has 0 saturated carbocycles. The Morgan fingerprint density at radius 3 is 2.53 bits per heavy atom. The molecule has 0 radical (unpaired) electrons. The summed E-state index contributed by atoms with van der Waals surface area (Å²) < 4.78 is 5.12. The number of likely N-dealkylation sites (N-methyl/N-ethyl adjacent to an activating group) is 1. The second-order valence-electron chi connectivity index (χ2n) is 7.46. The lowest BCUT2D eigenvalue weighted by molar-refractivity contribution is -0.888. The van der Waals surface area contributed by atoms with Gasteiger partial charge in [-0.05, 0) is 42.6 Å². The van der Waals surface area contributed by atoms with Gasteiger partial charge in [-0.15, -0.1) is 24.0 Å². The maximum absolute atomic E-state index is 12.9. The molecule has 9 heteroatoms. The van der Waals surface area contributed by atoms with Gasteiger partial charge in [-0.2, -0.15) is 5.26 Å². The van der Waals surface area contributed by atoms with Crippen LogP contribution in [0.1, 0.15) is 11.8 Å². The van der Waals surface area contributed by atoms with Crippen molar-refractivity contribution in [3.63, 3.8) is 0 Å². The van der Waals surface area contributed by atoms with Gasteiger partial charge in [-0.25, -0.2) is 0 Å². The van der Waals surface area contributed by atoms with Crippen molar-refractivity contribution >= 4 is 52.7 Å². The van der Waals surface area contributed by atoms with Gasteiger partial charge in [-0.3, -0.25) is 4.79 Å². The van der Waals surface area contributed by atoms with Crippen molar-refractivity contribution in [1.29, 1.82) is 5.26 Å². The second-order valence-corrected chi connectivity index (χ2v) is 9.36. The molecule has 168 valence electrons. The van der Waals surface area contributed by atoms with Gasteiger partial charge in [0.05, 0.1) is 37.5 Å². The van der Waals surface area contributed by atoms with E-state index < -0.39 is 5.37 Å². The molecule has 1 atom stereocenters. The quantitative estimate of drug-likeness (QED) is 0.500. The summed E-state index contributed by atoms with van der Waals surface area (Å²) in [5.41, 5.74) is 2.80. The first kappa shape index (κ1) is 24.4. The summed E-state index contributed by atoms with van der Waals surface area (Å²) in [6, 6.07) is 12.8. The number of ether oxygens (including phenoxy) is 1. The zero-order valence-corrected chi connectivity index (χ0v) is 20.4. The number of hydrogen-bond donors (Lipinski definition) is 4. The summed E-state index contributed by atoms with van der Waals surface area (Å²) in [7, 11) is 2.20. The minimum absolute atomic E-state index is 0.288. The van der Waals surface area contributed by atoms with Gasteiger partial charge in [0.25, 0.3) is 5.91 Å². The van der Waals surface area contributed by atoms with E-state index in [2.05, 4.69) is 36.4 Å². The monoisotopic (exact) mass is 489 g/mol. The van der Waals surface area contributed by atoms with Crippen LogP contribution in [0.3, 0.4) is 0 Å². The number of thiophene rings is 1. The van der Waals surface area contributed by atoms with Crippen molar-refractivity contribution < 1.29 is 14.4 Å². The number of nitriles is 1. The summed E-state index contributed by atoms with van der Waals surface area (Å²) in [6.45, 7) is 6.07. The zero-order chi connectivity index (χ0) is 23.1. The number of rotatable bonds is 3. The van der Waals surface area contributed by atoms with E-state index in [9.17, 15) is 10.1 Å². The molecule has 1 fully saturated rings. The molecular weight excluding hydrogens is 464 g/mol. The number of morpholine rings is 1. The second kappa shape index (κ2) is 11.5. The van der Waals surface area contributed by atoms with Gasteiger partial charge in [-0.1, -0.05) is 17.7 Å². The first-order valence-electron chi connectivity index (χ1n) is 10.2. The van der Waals surface area contributed by atoms with E-state index >= 15 is 0 Å². The molecule has 2 aliphatic heterocycles. The standard InChI is InChI=1S/C18H14ClN3OS2.C5H11NO/c1-10-15(17(23)22-12-6-4-11(19)5-7-12)16(14-3-2-8-25-14)13(9-20)18(24)21-10;1-6-2-4-7-5-3-6/h2-8,18,21,24H,1H3,(H,22,23);2-5H2,1H3/p+1. The molecule has 2 aliphatic rings. The molecule has 6 nitrogen and oxygen atoms in total. The maximum atomic E-state index is 12.9.